The molecule has 1 fully saturated rings. The standard InChI is InChI=1S/C33H30F4N4O6/c1-17-9-20(41-7-8-46-16-28(41)33(35,36)37)12-25(34)29(17)30(42)39-26(32(44)45)11-18-3-4-21(24-15-47-14-23(18)24)22-10-19-13-38-6-5-27(19)40(2)31(22)43/h3-6,9-10,12-13,26,28H,7-8,11,14-16H2,1-2H3,(H,39,42)(H,44,45)/t26-,28+/m0/s1. The van der Waals surface area contributed by atoms with Gasteiger partial charge < -0.3 is 29.4 Å². The zero-order valence-corrected chi connectivity index (χ0v) is 25.4. The number of aliphatic carboxylic acids is 1. The van der Waals surface area contributed by atoms with Gasteiger partial charge >= 0.3 is 12.1 Å². The monoisotopic (exact) mass is 654 g/mol. The minimum Gasteiger partial charge on any atom is -0.480 e. The van der Waals surface area contributed by atoms with Crippen LogP contribution in [0.15, 0.2) is 53.6 Å². The summed E-state index contributed by atoms with van der Waals surface area (Å²) in [5.74, 6) is -3.48. The van der Waals surface area contributed by atoms with Crippen LogP contribution in [0.4, 0.5) is 23.2 Å². The number of carbonyl (C=O) groups is 2. The van der Waals surface area contributed by atoms with Gasteiger partial charge in [-0.2, -0.15) is 13.2 Å². The molecule has 2 aromatic carbocycles. The number of aromatic nitrogens is 2. The normalized spacial score (nSPS) is 17.1. The Hall–Kier alpha value is -4.82. The van der Waals surface area contributed by atoms with Crippen LogP contribution >= 0.6 is 0 Å². The average Bonchev–Trinajstić information content (AvgIpc) is 3.53. The Balaban J connectivity index is 1.27. The molecule has 1 saturated heterocycles. The number of carbonyl (C=O) groups excluding carboxylic acids is 1. The van der Waals surface area contributed by atoms with E-state index in [4.69, 9.17) is 9.47 Å². The molecule has 4 aromatic rings. The number of ether oxygens (including phenoxy) is 2. The first-order valence-electron chi connectivity index (χ1n) is 14.8. The molecule has 246 valence electrons. The average molecular weight is 655 g/mol. The zero-order chi connectivity index (χ0) is 33.6. The molecule has 2 atom stereocenters. The molecule has 0 bridgehead atoms. The minimum absolute atomic E-state index is 0.0158. The number of nitrogens with zero attached hydrogens (tertiary/aromatic N) is 3. The minimum atomic E-state index is -4.62. The summed E-state index contributed by atoms with van der Waals surface area (Å²) in [7, 11) is 1.67. The lowest BCUT2D eigenvalue weighted by Crippen LogP contribution is -2.53. The van der Waals surface area contributed by atoms with Gasteiger partial charge in [-0.05, 0) is 59.0 Å². The summed E-state index contributed by atoms with van der Waals surface area (Å²) in [6.07, 6.45) is -1.54. The van der Waals surface area contributed by atoms with Gasteiger partial charge in [0.25, 0.3) is 11.5 Å². The fraction of sp³-hybridized carbons (Fsp3) is 0.333. The van der Waals surface area contributed by atoms with Crippen molar-refractivity contribution < 1.29 is 41.7 Å². The van der Waals surface area contributed by atoms with Crippen molar-refractivity contribution in [3.8, 4) is 11.1 Å². The van der Waals surface area contributed by atoms with E-state index in [0.29, 0.717) is 27.8 Å². The smallest absolute Gasteiger partial charge is 0.411 e. The summed E-state index contributed by atoms with van der Waals surface area (Å²) >= 11 is 0. The van der Waals surface area contributed by atoms with Crippen molar-refractivity contribution in [3.05, 3.63) is 92.8 Å². The summed E-state index contributed by atoms with van der Waals surface area (Å²) in [4.78, 5) is 44.0. The van der Waals surface area contributed by atoms with E-state index in [9.17, 15) is 32.7 Å². The van der Waals surface area contributed by atoms with Crippen molar-refractivity contribution in [3.63, 3.8) is 0 Å². The number of carboxylic acid groups (broad SMARTS) is 1. The van der Waals surface area contributed by atoms with Gasteiger partial charge in [-0.1, -0.05) is 12.1 Å². The summed E-state index contributed by atoms with van der Waals surface area (Å²) in [6, 6.07) is 5.54. The number of carboxylic acids is 1. The van der Waals surface area contributed by atoms with Crippen molar-refractivity contribution in [1.82, 2.24) is 14.9 Å². The summed E-state index contributed by atoms with van der Waals surface area (Å²) in [6.45, 7) is 0.988. The molecule has 2 aromatic heterocycles. The second-order valence-electron chi connectivity index (χ2n) is 11.6. The third kappa shape index (κ3) is 6.05. The number of hydrogen-bond acceptors (Lipinski definition) is 7. The van der Waals surface area contributed by atoms with Crippen molar-refractivity contribution >= 4 is 28.5 Å². The van der Waals surface area contributed by atoms with Gasteiger partial charge in [-0.15, -0.1) is 0 Å². The molecule has 0 unspecified atom stereocenters. The number of fused-ring (bicyclic) bond motifs is 2. The Morgan fingerprint density at radius 2 is 1.87 bits per heavy atom. The predicted molar refractivity (Wildman–Crippen MR) is 163 cm³/mol. The van der Waals surface area contributed by atoms with E-state index in [0.717, 1.165) is 21.9 Å². The molecule has 0 radical (unpaired) electrons. The number of halogens is 4. The molecular weight excluding hydrogens is 624 g/mol. The Labute approximate surface area is 265 Å². The van der Waals surface area contributed by atoms with Crippen molar-refractivity contribution in [2.75, 3.05) is 24.7 Å². The first kappa shape index (κ1) is 32.1. The lowest BCUT2D eigenvalue weighted by atomic mass is 9.91. The highest BCUT2D eigenvalue weighted by atomic mass is 19.4. The molecule has 2 aliphatic rings. The van der Waals surface area contributed by atoms with Gasteiger partial charge in [0.1, 0.15) is 17.9 Å². The number of morpholine rings is 1. The van der Waals surface area contributed by atoms with Crippen molar-refractivity contribution in [1.29, 1.82) is 0 Å². The zero-order valence-electron chi connectivity index (χ0n) is 25.4. The van der Waals surface area contributed by atoms with Crippen LogP contribution in [0.25, 0.3) is 22.0 Å². The second kappa shape index (κ2) is 12.4. The molecular formula is C33H30F4N4O6. The third-order valence-corrected chi connectivity index (χ3v) is 8.70. The fourth-order valence-electron chi connectivity index (χ4n) is 6.31. The number of hydrogen-bond donors (Lipinski definition) is 2. The van der Waals surface area contributed by atoms with Gasteiger partial charge in [0.05, 0.1) is 37.5 Å². The van der Waals surface area contributed by atoms with Crippen LogP contribution < -0.4 is 15.8 Å². The number of anilines is 1. The molecule has 47 heavy (non-hydrogen) atoms. The van der Waals surface area contributed by atoms with Gasteiger partial charge in [0.2, 0.25) is 0 Å². The van der Waals surface area contributed by atoms with E-state index in [1.54, 1.807) is 43.7 Å². The number of benzene rings is 2. The summed E-state index contributed by atoms with van der Waals surface area (Å²) in [5, 5.41) is 13.2. The first-order valence-corrected chi connectivity index (χ1v) is 14.8. The number of aryl methyl sites for hydroxylation is 2. The highest BCUT2D eigenvalue weighted by Gasteiger charge is 2.45. The maximum atomic E-state index is 15.4. The van der Waals surface area contributed by atoms with Gasteiger partial charge in [0, 0.05) is 49.0 Å². The first-order chi connectivity index (χ1) is 22.3. The Bertz CT molecular complexity index is 1940. The van der Waals surface area contributed by atoms with E-state index in [1.165, 1.54) is 17.6 Å². The van der Waals surface area contributed by atoms with Crippen LogP contribution in [0.2, 0.25) is 0 Å². The number of alkyl halides is 3. The molecule has 4 heterocycles. The van der Waals surface area contributed by atoms with Gasteiger partial charge in [0.15, 0.2) is 0 Å². The summed E-state index contributed by atoms with van der Waals surface area (Å²) in [5.41, 5.74) is 3.02. The van der Waals surface area contributed by atoms with E-state index < -0.39 is 48.1 Å². The highest BCUT2D eigenvalue weighted by Crippen LogP contribution is 2.35. The number of nitrogens with one attached hydrogen (secondary N) is 1. The third-order valence-electron chi connectivity index (χ3n) is 8.70. The van der Waals surface area contributed by atoms with E-state index in [1.807, 2.05) is 0 Å². The SMILES string of the molecule is Cc1cc(N2CCOC[C@@H]2C(F)(F)F)cc(F)c1C(=O)N[C@@H](Cc1ccc(-c2cc3cnccc3n(C)c2=O)c2c1COC2)C(=O)O. The van der Waals surface area contributed by atoms with Crippen molar-refractivity contribution in [2.45, 2.75) is 44.8 Å². The van der Waals surface area contributed by atoms with Crippen LogP contribution in [-0.4, -0.2) is 64.6 Å². The second-order valence-corrected chi connectivity index (χ2v) is 11.6. The van der Waals surface area contributed by atoms with Crippen LogP contribution in [0.5, 0.6) is 0 Å². The summed E-state index contributed by atoms with van der Waals surface area (Å²) < 4.78 is 68.4. The topological polar surface area (TPSA) is 123 Å². The van der Waals surface area contributed by atoms with Gasteiger partial charge in [-0.3, -0.25) is 14.6 Å². The molecule has 0 saturated carbocycles. The molecule has 1 amide bonds. The van der Waals surface area contributed by atoms with Crippen LogP contribution in [-0.2, 0) is 41.0 Å². The van der Waals surface area contributed by atoms with E-state index in [2.05, 4.69) is 10.3 Å². The maximum absolute atomic E-state index is 15.4. The Kier molecular flexibility index (Phi) is 8.49. The molecule has 14 heteroatoms. The Morgan fingerprint density at radius 1 is 1.11 bits per heavy atom. The van der Waals surface area contributed by atoms with Gasteiger partial charge in [-0.25, -0.2) is 9.18 Å². The number of pyridine rings is 2. The molecule has 0 spiro atoms. The quantitative estimate of drug-likeness (QED) is 0.284. The van der Waals surface area contributed by atoms with Crippen molar-refractivity contribution in [2.24, 2.45) is 7.05 Å². The molecule has 0 aliphatic carbocycles. The van der Waals surface area contributed by atoms with Crippen LogP contribution in [0.3, 0.4) is 0 Å². The maximum Gasteiger partial charge on any atom is 0.411 e. The number of amides is 1. The molecule has 10 nitrogen and oxygen atoms in total. The number of rotatable bonds is 7. The highest BCUT2D eigenvalue weighted by molar-refractivity contribution is 5.98. The fourth-order valence-corrected chi connectivity index (χ4v) is 6.31. The van der Waals surface area contributed by atoms with Crippen LogP contribution in [0.1, 0.15) is 32.6 Å². The van der Waals surface area contributed by atoms with E-state index >= 15 is 4.39 Å². The van der Waals surface area contributed by atoms with Crippen LogP contribution in [0, 0.1) is 12.7 Å². The molecule has 2 N–H and O–H groups in total. The lowest BCUT2D eigenvalue weighted by Gasteiger charge is -2.38. The van der Waals surface area contributed by atoms with E-state index in [-0.39, 0.29) is 49.6 Å². The Morgan fingerprint density at radius 3 is 2.60 bits per heavy atom. The lowest BCUT2D eigenvalue weighted by molar-refractivity contribution is -0.167. The molecule has 2 aliphatic heterocycles. The largest absolute Gasteiger partial charge is 0.480 e. The predicted octanol–water partition coefficient (Wildman–Crippen LogP) is 4.27. The molecule has 6 rings (SSSR count).